The van der Waals surface area contributed by atoms with Crippen molar-refractivity contribution < 1.29 is 33.0 Å². The van der Waals surface area contributed by atoms with Crippen molar-refractivity contribution in [1.29, 1.82) is 0 Å². The lowest BCUT2D eigenvalue weighted by atomic mass is 9.97. The molecule has 8 nitrogen and oxygen atoms in total. The Balaban J connectivity index is 2.10. The zero-order valence-corrected chi connectivity index (χ0v) is 20.7. The first-order chi connectivity index (χ1) is 16.8. The van der Waals surface area contributed by atoms with Crippen molar-refractivity contribution in [3.05, 3.63) is 77.2 Å². The molecule has 0 spiro atoms. The molecule has 0 fully saturated rings. The number of carbonyl (C=O) groups excluding carboxylic acids is 3. The van der Waals surface area contributed by atoms with Gasteiger partial charge in [-0.25, -0.2) is 14.4 Å². The average molecular weight is 491 g/mol. The minimum atomic E-state index is -0.841. The molecule has 0 aliphatic rings. The van der Waals surface area contributed by atoms with Gasteiger partial charge in [0, 0.05) is 22.6 Å². The highest BCUT2D eigenvalue weighted by Crippen LogP contribution is 2.34. The quantitative estimate of drug-likeness (QED) is 0.196. The molecule has 0 N–H and O–H groups in total. The first-order valence-electron chi connectivity index (χ1n) is 11.0. The predicted octanol–water partition coefficient (Wildman–Crippen LogP) is 5.37. The molecule has 0 saturated carbocycles. The number of hydrogen-bond acceptors (Lipinski definition) is 8. The maximum Gasteiger partial charge on any atom is 0.344 e. The van der Waals surface area contributed by atoms with Crippen LogP contribution in [0, 0.1) is 5.41 Å². The van der Waals surface area contributed by atoms with Crippen LogP contribution in [0.4, 0.5) is 0 Å². The molecule has 186 valence electrons. The molecule has 8 heteroatoms. The van der Waals surface area contributed by atoms with E-state index in [0.717, 1.165) is 0 Å². The van der Waals surface area contributed by atoms with Crippen molar-refractivity contribution in [2.24, 2.45) is 5.41 Å². The maximum absolute atomic E-state index is 12.9. The largest absolute Gasteiger partial charge is 0.423 e. The van der Waals surface area contributed by atoms with Crippen molar-refractivity contribution in [2.45, 2.75) is 34.6 Å². The van der Waals surface area contributed by atoms with E-state index < -0.39 is 28.9 Å². The molecule has 0 atom stereocenters. The Morgan fingerprint density at radius 1 is 0.806 bits per heavy atom. The molecular weight excluding hydrogens is 464 g/mol. The molecule has 0 amide bonds. The second-order valence-corrected chi connectivity index (χ2v) is 9.29. The third-order valence-corrected chi connectivity index (χ3v) is 4.87. The highest BCUT2D eigenvalue weighted by atomic mass is 16.6. The first-order valence-corrected chi connectivity index (χ1v) is 11.0. The maximum atomic E-state index is 12.9. The van der Waals surface area contributed by atoms with Crippen LogP contribution in [0.3, 0.4) is 0 Å². The van der Waals surface area contributed by atoms with Crippen molar-refractivity contribution in [1.82, 2.24) is 0 Å². The van der Waals surface area contributed by atoms with Gasteiger partial charge >= 0.3 is 23.5 Å². The van der Waals surface area contributed by atoms with Crippen LogP contribution in [0.1, 0.15) is 34.6 Å². The SMILES string of the molecule is C=C(C)C(=O)Oc1ccc(-c2cc3cc(OC(=O)C(=C)C)cc(OC(=O)C(C)(C)C)c3oc2=O)cc1. The summed E-state index contributed by atoms with van der Waals surface area (Å²) in [5.41, 5.74) is -0.407. The monoisotopic (exact) mass is 490 g/mol. The fourth-order valence-corrected chi connectivity index (χ4v) is 2.86. The Hall–Kier alpha value is -4.46. The smallest absolute Gasteiger partial charge is 0.344 e. The van der Waals surface area contributed by atoms with Gasteiger partial charge in [0.2, 0.25) is 0 Å². The molecule has 2 aromatic carbocycles. The zero-order valence-electron chi connectivity index (χ0n) is 20.7. The van der Waals surface area contributed by atoms with Crippen molar-refractivity contribution in [2.75, 3.05) is 0 Å². The fourth-order valence-electron chi connectivity index (χ4n) is 2.86. The van der Waals surface area contributed by atoms with Crippen LogP contribution in [0.5, 0.6) is 17.2 Å². The van der Waals surface area contributed by atoms with Gasteiger partial charge in [0.1, 0.15) is 11.5 Å². The molecule has 0 unspecified atom stereocenters. The van der Waals surface area contributed by atoms with Crippen molar-refractivity contribution in [3.8, 4) is 28.4 Å². The highest BCUT2D eigenvalue weighted by Gasteiger charge is 2.26. The summed E-state index contributed by atoms with van der Waals surface area (Å²) in [6, 6.07) is 10.6. The van der Waals surface area contributed by atoms with E-state index in [4.69, 9.17) is 18.6 Å². The molecule has 36 heavy (non-hydrogen) atoms. The summed E-state index contributed by atoms with van der Waals surface area (Å²) in [7, 11) is 0. The third kappa shape index (κ3) is 5.96. The second kappa shape index (κ2) is 10.0. The van der Waals surface area contributed by atoms with E-state index in [9.17, 15) is 19.2 Å². The minimum absolute atomic E-state index is 0.0171. The van der Waals surface area contributed by atoms with Gasteiger partial charge in [-0.15, -0.1) is 0 Å². The van der Waals surface area contributed by atoms with Gasteiger partial charge in [0.05, 0.1) is 11.0 Å². The van der Waals surface area contributed by atoms with Gasteiger partial charge in [-0.1, -0.05) is 25.3 Å². The zero-order chi connectivity index (χ0) is 26.8. The van der Waals surface area contributed by atoms with Crippen molar-refractivity contribution in [3.63, 3.8) is 0 Å². The van der Waals surface area contributed by atoms with Gasteiger partial charge in [0.25, 0.3) is 0 Å². The number of ether oxygens (including phenoxy) is 3. The topological polar surface area (TPSA) is 109 Å². The molecule has 0 saturated heterocycles. The minimum Gasteiger partial charge on any atom is -0.423 e. The Morgan fingerprint density at radius 3 is 1.89 bits per heavy atom. The summed E-state index contributed by atoms with van der Waals surface area (Å²) in [5.74, 6) is -1.51. The van der Waals surface area contributed by atoms with Crippen LogP contribution in [0.2, 0.25) is 0 Å². The van der Waals surface area contributed by atoms with Gasteiger partial charge < -0.3 is 18.6 Å². The number of fused-ring (bicyclic) bond motifs is 1. The van der Waals surface area contributed by atoms with Crippen LogP contribution in [0.15, 0.2) is 76.0 Å². The highest BCUT2D eigenvalue weighted by molar-refractivity contribution is 5.93. The molecule has 0 aliphatic heterocycles. The van der Waals surface area contributed by atoms with Crippen LogP contribution in [-0.2, 0) is 14.4 Å². The number of hydrogen-bond donors (Lipinski definition) is 0. The van der Waals surface area contributed by atoms with Gasteiger partial charge in [0.15, 0.2) is 11.3 Å². The Labute approximate surface area is 207 Å². The molecule has 1 aromatic heterocycles. The van der Waals surface area contributed by atoms with E-state index in [1.807, 2.05) is 0 Å². The average Bonchev–Trinajstić information content (AvgIpc) is 2.79. The summed E-state index contributed by atoms with van der Waals surface area (Å²) < 4.78 is 21.6. The van der Waals surface area contributed by atoms with E-state index in [-0.39, 0.29) is 39.5 Å². The van der Waals surface area contributed by atoms with E-state index in [0.29, 0.717) is 10.9 Å². The Bertz CT molecular complexity index is 1450. The van der Waals surface area contributed by atoms with E-state index in [2.05, 4.69) is 13.2 Å². The predicted molar refractivity (Wildman–Crippen MR) is 134 cm³/mol. The van der Waals surface area contributed by atoms with Crippen molar-refractivity contribution >= 4 is 28.9 Å². The summed E-state index contributed by atoms with van der Waals surface area (Å²) in [4.78, 5) is 49.2. The standard InChI is InChI=1S/C28H26O8/c1-15(2)24(29)33-19-10-8-17(9-11-19)21-13-18-12-20(34-25(30)16(3)4)14-22(23(18)36-26(21)31)35-27(32)28(5,6)7/h8-14H,1,3H2,2,4-7H3. The molecule has 0 aliphatic carbocycles. The van der Waals surface area contributed by atoms with Crippen LogP contribution < -0.4 is 19.8 Å². The third-order valence-electron chi connectivity index (χ3n) is 4.87. The number of esters is 3. The second-order valence-electron chi connectivity index (χ2n) is 9.29. The lowest BCUT2D eigenvalue weighted by molar-refractivity contribution is -0.143. The molecular formula is C28H26O8. The Kier molecular flexibility index (Phi) is 7.29. The van der Waals surface area contributed by atoms with E-state index in [1.54, 1.807) is 32.9 Å². The summed E-state index contributed by atoms with van der Waals surface area (Å²) in [5, 5.41) is 0.353. The number of carbonyl (C=O) groups is 3. The lowest BCUT2D eigenvalue weighted by Crippen LogP contribution is -2.25. The van der Waals surface area contributed by atoms with E-state index >= 15 is 0 Å². The normalized spacial score (nSPS) is 11.0. The Morgan fingerprint density at radius 2 is 1.36 bits per heavy atom. The van der Waals surface area contributed by atoms with Gasteiger partial charge in [-0.3, -0.25) is 4.79 Å². The molecule has 0 radical (unpaired) electrons. The number of rotatable bonds is 6. The summed E-state index contributed by atoms with van der Waals surface area (Å²) in [6.07, 6.45) is 0. The van der Waals surface area contributed by atoms with Gasteiger partial charge in [-0.2, -0.15) is 0 Å². The van der Waals surface area contributed by atoms with E-state index in [1.165, 1.54) is 44.2 Å². The van der Waals surface area contributed by atoms with Crippen LogP contribution in [0.25, 0.3) is 22.1 Å². The fraction of sp³-hybridized carbons (Fsp3) is 0.214. The van der Waals surface area contributed by atoms with Crippen LogP contribution in [-0.4, -0.2) is 17.9 Å². The first kappa shape index (κ1) is 26.2. The summed E-state index contributed by atoms with van der Waals surface area (Å²) >= 11 is 0. The molecule has 1 heterocycles. The summed E-state index contributed by atoms with van der Waals surface area (Å²) in [6.45, 7) is 15.2. The molecule has 3 aromatic rings. The molecule has 3 rings (SSSR count). The lowest BCUT2D eigenvalue weighted by Gasteiger charge is -2.17. The van der Waals surface area contributed by atoms with Gasteiger partial charge in [-0.05, 0) is 64.4 Å². The molecule has 0 bridgehead atoms. The van der Waals surface area contributed by atoms with Crippen LogP contribution >= 0.6 is 0 Å². The number of benzene rings is 2.